The molecule has 1 aliphatic carbocycles. The summed E-state index contributed by atoms with van der Waals surface area (Å²) in [4.78, 5) is 36.4. The zero-order valence-electron chi connectivity index (χ0n) is 12.9. The molecule has 2 rings (SSSR count). The molecule has 0 saturated heterocycles. The fourth-order valence-electron chi connectivity index (χ4n) is 2.50. The zero-order valence-corrected chi connectivity index (χ0v) is 13.8. The van der Waals surface area contributed by atoms with Gasteiger partial charge in [0.2, 0.25) is 5.91 Å². The second kappa shape index (κ2) is 6.91. The number of anilines is 1. The fraction of sp³-hybridized carbons (Fsp3) is 0.533. The Kier molecular flexibility index (Phi) is 5.18. The Bertz CT molecular complexity index is 609. The van der Waals surface area contributed by atoms with Gasteiger partial charge in [0, 0.05) is 11.3 Å². The van der Waals surface area contributed by atoms with E-state index in [1.54, 1.807) is 6.92 Å². The number of fused-ring (bicyclic) bond motifs is 1. The summed E-state index contributed by atoms with van der Waals surface area (Å²) in [5.74, 6) is -0.124. The van der Waals surface area contributed by atoms with Crippen molar-refractivity contribution in [2.45, 2.75) is 39.5 Å². The molecule has 6 nitrogen and oxygen atoms in total. The van der Waals surface area contributed by atoms with Gasteiger partial charge in [-0.05, 0) is 30.7 Å². The number of thiophene rings is 1. The van der Waals surface area contributed by atoms with Gasteiger partial charge in [-0.15, -0.1) is 11.3 Å². The lowest BCUT2D eigenvalue weighted by Gasteiger charge is -2.18. The third-order valence-corrected chi connectivity index (χ3v) is 4.88. The molecule has 3 amide bonds. The summed E-state index contributed by atoms with van der Waals surface area (Å²) in [5, 5.41) is 5.47. The number of methoxy groups -OCH3 is 1. The first kappa shape index (κ1) is 16.5. The minimum atomic E-state index is -0.804. The van der Waals surface area contributed by atoms with Crippen molar-refractivity contribution in [3.8, 4) is 0 Å². The maximum Gasteiger partial charge on any atom is 0.413 e. The van der Waals surface area contributed by atoms with Crippen molar-refractivity contribution in [2.24, 2.45) is 5.92 Å². The van der Waals surface area contributed by atoms with Crippen LogP contribution in [0, 0.1) is 5.92 Å². The molecule has 1 aromatic heterocycles. The first-order chi connectivity index (χ1) is 10.5. The number of hydrogen-bond acceptors (Lipinski definition) is 5. The van der Waals surface area contributed by atoms with Gasteiger partial charge < -0.3 is 10.1 Å². The van der Waals surface area contributed by atoms with Gasteiger partial charge in [0.1, 0.15) is 5.00 Å². The van der Waals surface area contributed by atoms with Crippen molar-refractivity contribution in [1.82, 2.24) is 5.32 Å². The van der Waals surface area contributed by atoms with Gasteiger partial charge in [0.05, 0.1) is 12.7 Å². The average Bonchev–Trinajstić information content (AvgIpc) is 2.83. The van der Waals surface area contributed by atoms with Crippen molar-refractivity contribution in [3.05, 3.63) is 16.0 Å². The second-order valence-corrected chi connectivity index (χ2v) is 6.51. The van der Waals surface area contributed by atoms with Gasteiger partial charge in [-0.2, -0.15) is 0 Å². The molecule has 1 heterocycles. The predicted octanol–water partition coefficient (Wildman–Crippen LogP) is 2.72. The van der Waals surface area contributed by atoms with Gasteiger partial charge in [-0.25, -0.2) is 4.79 Å². The van der Waals surface area contributed by atoms with Crippen LogP contribution in [0.1, 0.15) is 47.5 Å². The van der Waals surface area contributed by atoms with Crippen LogP contribution in [0.15, 0.2) is 0 Å². The molecule has 22 heavy (non-hydrogen) atoms. The normalized spacial score (nSPS) is 16.6. The number of amides is 3. The lowest BCUT2D eigenvalue weighted by atomic mass is 9.88. The smallest absolute Gasteiger partial charge is 0.413 e. The molecule has 1 aromatic rings. The van der Waals surface area contributed by atoms with Crippen molar-refractivity contribution >= 4 is 34.2 Å². The number of rotatable bonds is 3. The van der Waals surface area contributed by atoms with Crippen molar-refractivity contribution in [2.75, 3.05) is 12.4 Å². The number of imide groups is 1. The van der Waals surface area contributed by atoms with Gasteiger partial charge in [0.15, 0.2) is 0 Å². The highest BCUT2D eigenvalue weighted by atomic mass is 32.1. The van der Waals surface area contributed by atoms with Crippen LogP contribution >= 0.6 is 11.3 Å². The van der Waals surface area contributed by atoms with Crippen molar-refractivity contribution in [1.29, 1.82) is 0 Å². The molecule has 0 unspecified atom stereocenters. The first-order valence-electron chi connectivity index (χ1n) is 7.29. The molecule has 0 spiro atoms. The molecular formula is C15H20N2O4S. The maximum absolute atomic E-state index is 12.4. The van der Waals surface area contributed by atoms with Crippen LogP contribution in [0.25, 0.3) is 0 Å². The Morgan fingerprint density at radius 2 is 2.09 bits per heavy atom. The molecule has 1 aliphatic rings. The molecule has 7 heteroatoms. The van der Waals surface area contributed by atoms with E-state index >= 15 is 0 Å². The van der Waals surface area contributed by atoms with E-state index in [-0.39, 0.29) is 5.91 Å². The van der Waals surface area contributed by atoms with Crippen molar-refractivity contribution < 1.29 is 19.1 Å². The SMILES string of the molecule is CCC(=O)Nc1sc2c(c1C(=O)NC(=O)OC)CC[C@H](C)C2. The minimum absolute atomic E-state index is 0.154. The van der Waals surface area contributed by atoms with E-state index in [2.05, 4.69) is 22.3 Å². The molecule has 120 valence electrons. The van der Waals surface area contributed by atoms with Crippen LogP contribution in [-0.4, -0.2) is 25.0 Å². The third kappa shape index (κ3) is 3.47. The summed E-state index contributed by atoms with van der Waals surface area (Å²) in [7, 11) is 1.20. The van der Waals surface area contributed by atoms with Crippen LogP contribution in [0.4, 0.5) is 9.80 Å². The van der Waals surface area contributed by atoms with E-state index in [0.717, 1.165) is 29.7 Å². The van der Waals surface area contributed by atoms with Crippen LogP contribution in [0.3, 0.4) is 0 Å². The summed E-state index contributed by atoms with van der Waals surface area (Å²) in [6, 6.07) is 0. The standard InChI is InChI=1S/C15H20N2O4S/c1-4-11(18)16-14-12(13(19)17-15(20)21-3)9-6-5-8(2)7-10(9)22-14/h8H,4-7H2,1-3H3,(H,16,18)(H,17,19,20)/t8-/m0/s1. The van der Waals surface area contributed by atoms with Crippen LogP contribution in [0.5, 0.6) is 0 Å². The summed E-state index contributed by atoms with van der Waals surface area (Å²) >= 11 is 1.43. The molecule has 0 bridgehead atoms. The number of nitrogens with one attached hydrogen (secondary N) is 2. The number of alkyl carbamates (subject to hydrolysis) is 1. The quantitative estimate of drug-likeness (QED) is 0.895. The third-order valence-electron chi connectivity index (χ3n) is 3.71. The molecule has 0 fully saturated rings. The Morgan fingerprint density at radius 1 is 1.36 bits per heavy atom. The molecular weight excluding hydrogens is 304 g/mol. The van der Waals surface area contributed by atoms with Gasteiger partial charge in [0.25, 0.3) is 5.91 Å². The number of carbonyl (C=O) groups excluding carboxylic acids is 3. The molecule has 0 radical (unpaired) electrons. The minimum Gasteiger partial charge on any atom is -0.453 e. The van der Waals surface area contributed by atoms with E-state index in [1.165, 1.54) is 18.4 Å². The molecule has 1 atom stereocenters. The number of carbonyl (C=O) groups is 3. The van der Waals surface area contributed by atoms with Crippen molar-refractivity contribution in [3.63, 3.8) is 0 Å². The highest BCUT2D eigenvalue weighted by Gasteiger charge is 2.29. The Labute approximate surface area is 133 Å². The lowest BCUT2D eigenvalue weighted by molar-refractivity contribution is -0.115. The van der Waals surface area contributed by atoms with Gasteiger partial charge in [-0.1, -0.05) is 13.8 Å². The van der Waals surface area contributed by atoms with E-state index < -0.39 is 12.0 Å². The molecule has 0 aromatic carbocycles. The summed E-state index contributed by atoms with van der Waals surface area (Å²) in [6.07, 6.45) is 2.18. The summed E-state index contributed by atoms with van der Waals surface area (Å²) in [5.41, 5.74) is 1.34. The Hall–Kier alpha value is -1.89. The Morgan fingerprint density at radius 3 is 2.73 bits per heavy atom. The van der Waals surface area contributed by atoms with Crippen LogP contribution in [0.2, 0.25) is 0 Å². The maximum atomic E-state index is 12.4. The topological polar surface area (TPSA) is 84.5 Å². The molecule has 0 saturated carbocycles. The van der Waals surface area contributed by atoms with E-state index in [1.807, 2.05) is 0 Å². The number of ether oxygens (including phenoxy) is 1. The highest BCUT2D eigenvalue weighted by molar-refractivity contribution is 7.17. The largest absolute Gasteiger partial charge is 0.453 e. The van der Waals surface area contributed by atoms with Crippen LogP contribution in [-0.2, 0) is 22.4 Å². The van der Waals surface area contributed by atoms with E-state index in [4.69, 9.17) is 0 Å². The Balaban J connectivity index is 2.37. The summed E-state index contributed by atoms with van der Waals surface area (Å²) in [6.45, 7) is 3.92. The van der Waals surface area contributed by atoms with Gasteiger partial charge in [-0.3, -0.25) is 14.9 Å². The lowest BCUT2D eigenvalue weighted by Crippen LogP contribution is -2.31. The first-order valence-corrected chi connectivity index (χ1v) is 8.11. The monoisotopic (exact) mass is 324 g/mol. The number of hydrogen-bond donors (Lipinski definition) is 2. The molecule has 2 N–H and O–H groups in total. The summed E-state index contributed by atoms with van der Waals surface area (Å²) < 4.78 is 4.47. The average molecular weight is 324 g/mol. The highest BCUT2D eigenvalue weighted by Crippen LogP contribution is 2.39. The van der Waals surface area contributed by atoms with Crippen LogP contribution < -0.4 is 10.6 Å². The van der Waals surface area contributed by atoms with E-state index in [9.17, 15) is 14.4 Å². The van der Waals surface area contributed by atoms with E-state index in [0.29, 0.717) is 22.9 Å². The molecule has 0 aliphatic heterocycles. The zero-order chi connectivity index (χ0) is 16.3. The predicted molar refractivity (Wildman–Crippen MR) is 84.3 cm³/mol. The fourth-order valence-corrected chi connectivity index (χ4v) is 3.92. The van der Waals surface area contributed by atoms with Gasteiger partial charge >= 0.3 is 6.09 Å². The second-order valence-electron chi connectivity index (χ2n) is 5.40.